The summed E-state index contributed by atoms with van der Waals surface area (Å²) in [5, 5.41) is 6.24. The van der Waals surface area contributed by atoms with Crippen molar-refractivity contribution < 1.29 is 4.79 Å². The molecule has 0 atom stereocenters. The van der Waals surface area contributed by atoms with Gasteiger partial charge in [-0.1, -0.05) is 24.3 Å². The van der Waals surface area contributed by atoms with E-state index in [9.17, 15) is 4.79 Å². The molecule has 1 aliphatic heterocycles. The highest BCUT2D eigenvalue weighted by Gasteiger charge is 2.17. The number of rotatable bonds is 3. The zero-order valence-electron chi connectivity index (χ0n) is 13.1. The molecule has 124 valence electrons. The van der Waals surface area contributed by atoms with Gasteiger partial charge in [-0.15, -0.1) is 0 Å². The van der Waals surface area contributed by atoms with Crippen LogP contribution in [0.1, 0.15) is 23.2 Å². The summed E-state index contributed by atoms with van der Waals surface area (Å²) in [4.78, 5) is 14.7. The summed E-state index contributed by atoms with van der Waals surface area (Å²) in [5.74, 6) is -0.198. The first kappa shape index (κ1) is 17.2. The van der Waals surface area contributed by atoms with Gasteiger partial charge in [0.25, 0.3) is 5.91 Å². The zero-order valence-corrected chi connectivity index (χ0v) is 16.1. The molecule has 1 heterocycles. The number of benzene rings is 2. The number of para-hydroxylation sites is 2. The molecule has 0 bridgehead atoms. The fraction of sp³-hybridized carbons (Fsp3) is 0.222. The van der Waals surface area contributed by atoms with Crippen LogP contribution in [-0.2, 0) is 0 Å². The van der Waals surface area contributed by atoms with E-state index in [1.807, 2.05) is 36.4 Å². The molecule has 3 rings (SSSR count). The van der Waals surface area contributed by atoms with Crippen molar-refractivity contribution in [2.45, 2.75) is 12.8 Å². The summed E-state index contributed by atoms with van der Waals surface area (Å²) in [5.41, 5.74) is 2.67. The minimum absolute atomic E-state index is 0.198. The second-order valence-corrected chi connectivity index (χ2v) is 7.17. The Kier molecular flexibility index (Phi) is 5.68. The van der Waals surface area contributed by atoms with Gasteiger partial charge in [0.15, 0.2) is 5.11 Å². The van der Waals surface area contributed by atoms with E-state index >= 15 is 0 Å². The van der Waals surface area contributed by atoms with E-state index in [1.54, 1.807) is 6.07 Å². The van der Waals surface area contributed by atoms with Gasteiger partial charge in [0.2, 0.25) is 0 Å². The molecule has 1 saturated heterocycles. The van der Waals surface area contributed by atoms with Gasteiger partial charge in [0.05, 0.1) is 16.9 Å². The maximum Gasteiger partial charge on any atom is 0.258 e. The van der Waals surface area contributed by atoms with Crippen LogP contribution in [0.3, 0.4) is 0 Å². The fourth-order valence-corrected chi connectivity index (χ4v) is 3.62. The molecule has 2 aromatic rings. The summed E-state index contributed by atoms with van der Waals surface area (Å²) < 4.78 is 0.896. The Bertz CT molecular complexity index is 759. The molecule has 1 amide bonds. The van der Waals surface area contributed by atoms with Crippen molar-refractivity contribution in [2.24, 2.45) is 0 Å². The van der Waals surface area contributed by atoms with Gasteiger partial charge in [-0.25, -0.2) is 0 Å². The van der Waals surface area contributed by atoms with Crippen LogP contribution in [-0.4, -0.2) is 24.1 Å². The van der Waals surface area contributed by atoms with Gasteiger partial charge in [-0.3, -0.25) is 10.1 Å². The van der Waals surface area contributed by atoms with E-state index in [2.05, 4.69) is 44.2 Å². The molecular weight excluding hydrogens is 433 g/mol. The van der Waals surface area contributed by atoms with Gasteiger partial charge < -0.3 is 10.2 Å². The van der Waals surface area contributed by atoms with Crippen molar-refractivity contribution in [1.82, 2.24) is 5.32 Å². The molecule has 1 aliphatic rings. The predicted octanol–water partition coefficient (Wildman–Crippen LogP) is 4.02. The van der Waals surface area contributed by atoms with E-state index in [4.69, 9.17) is 12.2 Å². The van der Waals surface area contributed by atoms with E-state index in [0.717, 1.165) is 28.0 Å². The summed E-state index contributed by atoms with van der Waals surface area (Å²) in [7, 11) is 0. The van der Waals surface area contributed by atoms with Gasteiger partial charge in [0.1, 0.15) is 0 Å². The van der Waals surface area contributed by atoms with Gasteiger partial charge in [-0.2, -0.15) is 0 Å². The maximum absolute atomic E-state index is 12.4. The molecule has 0 aromatic heterocycles. The highest BCUT2D eigenvalue weighted by Crippen LogP contribution is 2.28. The molecule has 2 N–H and O–H groups in total. The minimum atomic E-state index is -0.198. The third-order valence-electron chi connectivity index (χ3n) is 3.94. The lowest BCUT2D eigenvalue weighted by Gasteiger charge is -2.22. The molecule has 0 saturated carbocycles. The average Bonchev–Trinajstić information content (AvgIpc) is 3.10. The van der Waals surface area contributed by atoms with Crippen LogP contribution in [0.5, 0.6) is 0 Å². The van der Waals surface area contributed by atoms with Crippen LogP contribution in [0.2, 0.25) is 0 Å². The van der Waals surface area contributed by atoms with Crippen molar-refractivity contribution in [2.75, 3.05) is 23.3 Å². The van der Waals surface area contributed by atoms with Crippen LogP contribution in [0.4, 0.5) is 11.4 Å². The Morgan fingerprint density at radius 1 is 1.04 bits per heavy atom. The van der Waals surface area contributed by atoms with Crippen molar-refractivity contribution >= 4 is 57.2 Å². The van der Waals surface area contributed by atoms with E-state index in [1.165, 1.54) is 12.8 Å². The number of carbonyl (C=O) groups excluding carboxylic acids is 1. The van der Waals surface area contributed by atoms with Crippen LogP contribution in [0, 0.1) is 3.57 Å². The third kappa shape index (κ3) is 4.05. The van der Waals surface area contributed by atoms with Crippen molar-refractivity contribution in [3.63, 3.8) is 0 Å². The lowest BCUT2D eigenvalue weighted by Crippen LogP contribution is -2.35. The topological polar surface area (TPSA) is 44.4 Å². The minimum Gasteiger partial charge on any atom is -0.370 e. The number of hydrogen-bond donors (Lipinski definition) is 2. The van der Waals surface area contributed by atoms with Gasteiger partial charge in [-0.05, 0) is 71.9 Å². The Hall–Kier alpha value is -1.67. The highest BCUT2D eigenvalue weighted by molar-refractivity contribution is 14.1. The standard InChI is InChI=1S/C18H18IN3OS/c19-14-8-2-1-7-13(14)17(23)21-18(24)20-15-9-3-4-10-16(15)22-11-5-6-12-22/h1-4,7-10H,5-6,11-12H2,(H2,20,21,23,24). The van der Waals surface area contributed by atoms with E-state index in [-0.39, 0.29) is 5.91 Å². The molecular formula is C18H18IN3OS. The number of anilines is 2. The number of nitrogens with one attached hydrogen (secondary N) is 2. The number of halogens is 1. The Labute approximate surface area is 160 Å². The molecule has 0 aliphatic carbocycles. The second kappa shape index (κ2) is 7.94. The molecule has 6 heteroatoms. The molecule has 4 nitrogen and oxygen atoms in total. The number of amides is 1. The SMILES string of the molecule is O=C(NC(=S)Nc1ccccc1N1CCCC1)c1ccccc1I. The normalized spacial score (nSPS) is 13.6. The summed E-state index contributed by atoms with van der Waals surface area (Å²) in [6.07, 6.45) is 2.42. The first-order chi connectivity index (χ1) is 11.6. The quantitative estimate of drug-likeness (QED) is 0.547. The Morgan fingerprint density at radius 2 is 1.71 bits per heavy atom. The molecule has 0 radical (unpaired) electrons. The first-order valence-corrected chi connectivity index (χ1v) is 9.34. The molecule has 0 unspecified atom stereocenters. The molecule has 2 aromatic carbocycles. The second-order valence-electron chi connectivity index (χ2n) is 5.60. The van der Waals surface area contributed by atoms with Gasteiger partial charge >= 0.3 is 0 Å². The zero-order chi connectivity index (χ0) is 16.9. The summed E-state index contributed by atoms with van der Waals surface area (Å²) in [6, 6.07) is 15.5. The number of nitrogens with zero attached hydrogens (tertiary/aromatic N) is 1. The van der Waals surface area contributed by atoms with Crippen LogP contribution < -0.4 is 15.5 Å². The highest BCUT2D eigenvalue weighted by atomic mass is 127. The Morgan fingerprint density at radius 3 is 2.46 bits per heavy atom. The van der Waals surface area contributed by atoms with Crippen LogP contribution in [0.25, 0.3) is 0 Å². The number of carbonyl (C=O) groups is 1. The third-order valence-corrected chi connectivity index (χ3v) is 5.09. The van der Waals surface area contributed by atoms with Crippen LogP contribution >= 0.6 is 34.8 Å². The van der Waals surface area contributed by atoms with E-state index < -0.39 is 0 Å². The summed E-state index contributed by atoms with van der Waals surface area (Å²) >= 11 is 7.47. The van der Waals surface area contributed by atoms with E-state index in [0.29, 0.717) is 10.7 Å². The Balaban J connectivity index is 1.69. The molecule has 0 spiro atoms. The van der Waals surface area contributed by atoms with Gasteiger partial charge in [0, 0.05) is 16.7 Å². The van der Waals surface area contributed by atoms with Crippen molar-refractivity contribution in [1.29, 1.82) is 0 Å². The molecule has 1 fully saturated rings. The smallest absolute Gasteiger partial charge is 0.258 e. The largest absolute Gasteiger partial charge is 0.370 e. The summed E-state index contributed by atoms with van der Waals surface area (Å²) in [6.45, 7) is 2.11. The number of thiocarbonyl (C=S) groups is 1. The number of hydrogen-bond acceptors (Lipinski definition) is 3. The lowest BCUT2D eigenvalue weighted by molar-refractivity contribution is 0.0977. The predicted molar refractivity (Wildman–Crippen MR) is 111 cm³/mol. The van der Waals surface area contributed by atoms with Crippen molar-refractivity contribution in [3.05, 3.63) is 57.7 Å². The lowest BCUT2D eigenvalue weighted by atomic mass is 10.2. The fourth-order valence-electron chi connectivity index (χ4n) is 2.78. The first-order valence-electron chi connectivity index (χ1n) is 7.86. The molecule has 24 heavy (non-hydrogen) atoms. The monoisotopic (exact) mass is 451 g/mol. The van der Waals surface area contributed by atoms with Crippen LogP contribution in [0.15, 0.2) is 48.5 Å². The maximum atomic E-state index is 12.4. The average molecular weight is 451 g/mol. The van der Waals surface area contributed by atoms with Crippen molar-refractivity contribution in [3.8, 4) is 0 Å².